The van der Waals surface area contributed by atoms with Crippen molar-refractivity contribution in [2.45, 2.75) is 51.4 Å². The number of hydrogen-bond acceptors (Lipinski definition) is 5. The number of benzene rings is 1. The molecule has 0 saturated heterocycles. The van der Waals surface area contributed by atoms with E-state index in [1.165, 1.54) is 0 Å². The molecule has 6 nitrogen and oxygen atoms in total. The first kappa shape index (κ1) is 20.9. The summed E-state index contributed by atoms with van der Waals surface area (Å²) < 4.78 is 10.8. The maximum absolute atomic E-state index is 11.4. The first-order valence-electron chi connectivity index (χ1n) is 8.15. The van der Waals surface area contributed by atoms with Crippen molar-refractivity contribution in [2.75, 3.05) is 7.11 Å². The van der Waals surface area contributed by atoms with Gasteiger partial charge in [-0.2, -0.15) is 0 Å². The zero-order valence-electron chi connectivity index (χ0n) is 15.7. The van der Waals surface area contributed by atoms with Crippen LogP contribution in [0.25, 0.3) is 6.08 Å². The molecule has 0 aromatic heterocycles. The lowest BCUT2D eigenvalue weighted by atomic mass is 10.1. The summed E-state index contributed by atoms with van der Waals surface area (Å²) in [5.41, 5.74) is 0.833. The molecule has 0 heterocycles. The van der Waals surface area contributed by atoms with Crippen molar-refractivity contribution in [2.24, 2.45) is 0 Å². The van der Waals surface area contributed by atoms with Crippen LogP contribution in [0, 0.1) is 10.1 Å². The largest absolute Gasteiger partial charge is 0.543 e. The van der Waals surface area contributed by atoms with Crippen LogP contribution in [-0.2, 0) is 9.53 Å². The Morgan fingerprint density at radius 2 is 1.92 bits per heavy atom. The Morgan fingerprint density at radius 3 is 2.44 bits per heavy atom. The lowest BCUT2D eigenvalue weighted by Crippen LogP contribution is -2.44. The van der Waals surface area contributed by atoms with Crippen LogP contribution in [0.15, 0.2) is 30.3 Å². The number of ether oxygens (including phenoxy) is 1. The van der Waals surface area contributed by atoms with Gasteiger partial charge < -0.3 is 9.16 Å². The number of carbonyl (C=O) groups excluding carboxylic acids is 1. The number of esters is 1. The summed E-state index contributed by atoms with van der Waals surface area (Å²) in [7, 11) is -0.852. The molecule has 1 aromatic rings. The molecule has 1 unspecified atom stereocenters. The number of nitro groups is 1. The van der Waals surface area contributed by atoms with Crippen LogP contribution in [0.5, 0.6) is 5.75 Å². The van der Waals surface area contributed by atoms with Gasteiger partial charge in [-0.15, -0.1) is 0 Å². The molecule has 0 aliphatic carbocycles. The molecule has 0 aliphatic heterocycles. The second kappa shape index (κ2) is 8.29. The lowest BCUT2D eigenvalue weighted by molar-refractivity contribution is -0.509. The predicted molar refractivity (Wildman–Crippen MR) is 101 cm³/mol. The van der Waals surface area contributed by atoms with E-state index in [1.807, 2.05) is 24.3 Å². The van der Waals surface area contributed by atoms with Gasteiger partial charge in [0.05, 0.1) is 7.11 Å². The molecule has 1 atom stereocenters. The number of rotatable bonds is 7. The van der Waals surface area contributed by atoms with Gasteiger partial charge in [-0.3, -0.25) is 10.1 Å². The van der Waals surface area contributed by atoms with E-state index in [9.17, 15) is 14.9 Å². The average Bonchev–Trinajstić information content (AvgIpc) is 2.50. The Morgan fingerprint density at radius 1 is 1.32 bits per heavy atom. The Labute approximate surface area is 150 Å². The molecule has 0 aliphatic rings. The molecule has 1 rings (SSSR count). The Hall–Kier alpha value is -2.15. The molecule has 1 aromatic carbocycles. The third-order valence-corrected chi connectivity index (χ3v) is 8.82. The minimum Gasteiger partial charge on any atom is -0.543 e. The van der Waals surface area contributed by atoms with E-state index in [0.29, 0.717) is 0 Å². The van der Waals surface area contributed by atoms with Crippen LogP contribution >= 0.6 is 0 Å². The Kier molecular flexibility index (Phi) is 6.93. The van der Waals surface area contributed by atoms with E-state index in [1.54, 1.807) is 12.2 Å². The van der Waals surface area contributed by atoms with E-state index in [2.05, 4.69) is 38.6 Å². The van der Waals surface area contributed by atoms with Gasteiger partial charge in [0, 0.05) is 16.9 Å². The van der Waals surface area contributed by atoms with Gasteiger partial charge in [-0.05, 0) is 24.2 Å². The standard InChI is InChI=1S/C18H27NO5Si/c1-18(2,3)25(5,6)24-16-13-8-7-10-14(16)11-9-12-15(19(21)22)17(20)23-4/h7-11,13,15H,12H2,1-6H3/b11-9+. The number of para-hydroxylation sites is 1. The van der Waals surface area contributed by atoms with Gasteiger partial charge in [0.25, 0.3) is 8.32 Å². The van der Waals surface area contributed by atoms with Crippen LogP contribution in [-0.4, -0.2) is 32.4 Å². The monoisotopic (exact) mass is 365 g/mol. The lowest BCUT2D eigenvalue weighted by Gasteiger charge is -2.36. The van der Waals surface area contributed by atoms with Crippen LogP contribution in [0.4, 0.5) is 0 Å². The molecule has 25 heavy (non-hydrogen) atoms. The van der Waals surface area contributed by atoms with E-state index in [0.717, 1.165) is 18.4 Å². The fraction of sp³-hybridized carbons (Fsp3) is 0.500. The number of hydrogen-bond donors (Lipinski definition) is 0. The quantitative estimate of drug-likeness (QED) is 0.312. The van der Waals surface area contributed by atoms with Crippen LogP contribution in [0.2, 0.25) is 18.1 Å². The summed E-state index contributed by atoms with van der Waals surface area (Å²) >= 11 is 0. The zero-order valence-corrected chi connectivity index (χ0v) is 16.7. The van der Waals surface area contributed by atoms with Gasteiger partial charge in [0.2, 0.25) is 0 Å². The highest BCUT2D eigenvalue weighted by atomic mass is 28.4. The third-order valence-electron chi connectivity index (χ3n) is 4.47. The molecular weight excluding hydrogens is 338 g/mol. The van der Waals surface area contributed by atoms with Crippen molar-refractivity contribution in [1.82, 2.24) is 0 Å². The number of nitrogens with zero attached hydrogens (tertiary/aromatic N) is 1. The highest BCUT2D eigenvalue weighted by molar-refractivity contribution is 6.74. The van der Waals surface area contributed by atoms with Gasteiger partial charge in [-0.1, -0.05) is 51.1 Å². The van der Waals surface area contributed by atoms with Gasteiger partial charge in [0.1, 0.15) is 5.75 Å². The fourth-order valence-electron chi connectivity index (χ4n) is 1.87. The molecular formula is C18H27NO5Si. The topological polar surface area (TPSA) is 78.7 Å². The average molecular weight is 366 g/mol. The highest BCUT2D eigenvalue weighted by Crippen LogP contribution is 2.38. The first-order chi connectivity index (χ1) is 11.5. The van der Waals surface area contributed by atoms with E-state index in [-0.39, 0.29) is 11.5 Å². The molecule has 0 saturated carbocycles. The molecule has 0 amide bonds. The van der Waals surface area contributed by atoms with Gasteiger partial charge in [0.15, 0.2) is 0 Å². The smallest absolute Gasteiger partial charge is 0.381 e. The summed E-state index contributed by atoms with van der Waals surface area (Å²) in [6.45, 7) is 10.8. The minimum absolute atomic E-state index is 0.0336. The Bertz CT molecular complexity index is 649. The van der Waals surface area contributed by atoms with E-state index in [4.69, 9.17) is 4.43 Å². The maximum atomic E-state index is 11.4. The van der Waals surface area contributed by atoms with Crippen molar-refractivity contribution in [3.05, 3.63) is 46.0 Å². The van der Waals surface area contributed by atoms with E-state index >= 15 is 0 Å². The second-order valence-electron chi connectivity index (χ2n) is 7.36. The van der Waals surface area contributed by atoms with Crippen molar-refractivity contribution in [1.29, 1.82) is 0 Å². The predicted octanol–water partition coefficient (Wildman–Crippen LogP) is 4.29. The number of carbonyl (C=O) groups is 1. The summed E-state index contributed by atoms with van der Waals surface area (Å²) in [4.78, 5) is 21.8. The molecule has 0 fully saturated rings. The van der Waals surface area contributed by atoms with Crippen LogP contribution < -0.4 is 4.43 Å². The van der Waals surface area contributed by atoms with E-state index < -0.39 is 25.3 Å². The van der Waals surface area contributed by atoms with Crippen LogP contribution in [0.1, 0.15) is 32.8 Å². The fourth-order valence-corrected chi connectivity index (χ4v) is 2.91. The minimum atomic E-state index is -2.00. The highest BCUT2D eigenvalue weighted by Gasteiger charge is 2.39. The summed E-state index contributed by atoms with van der Waals surface area (Å²) in [5, 5.41) is 11.0. The summed E-state index contributed by atoms with van der Waals surface area (Å²) in [6.07, 6.45) is 3.33. The second-order valence-corrected chi connectivity index (χ2v) is 12.1. The van der Waals surface area contributed by atoms with Gasteiger partial charge >= 0.3 is 12.0 Å². The normalized spacial score (nSPS) is 13.5. The molecule has 0 bridgehead atoms. The zero-order chi connectivity index (χ0) is 19.3. The van der Waals surface area contributed by atoms with Gasteiger partial charge in [-0.25, -0.2) is 4.79 Å². The Balaban J connectivity index is 2.97. The molecule has 138 valence electrons. The van der Waals surface area contributed by atoms with Crippen molar-refractivity contribution in [3.63, 3.8) is 0 Å². The van der Waals surface area contributed by atoms with Crippen molar-refractivity contribution in [3.8, 4) is 5.75 Å². The first-order valence-corrected chi connectivity index (χ1v) is 11.1. The molecule has 0 radical (unpaired) electrons. The summed E-state index contributed by atoms with van der Waals surface area (Å²) in [6, 6.07) is 6.16. The summed E-state index contributed by atoms with van der Waals surface area (Å²) in [5.74, 6) is -0.0958. The third kappa shape index (κ3) is 5.70. The maximum Gasteiger partial charge on any atom is 0.381 e. The molecule has 0 N–H and O–H groups in total. The molecule has 7 heteroatoms. The van der Waals surface area contributed by atoms with Crippen LogP contribution in [0.3, 0.4) is 0 Å². The SMILES string of the molecule is COC(=O)C(C/C=C/c1ccccc1O[Si](C)(C)C(C)(C)C)[N+](=O)[O-]. The van der Waals surface area contributed by atoms with Crippen molar-refractivity contribution >= 4 is 20.4 Å². The number of methoxy groups -OCH3 is 1. The molecule has 0 spiro atoms. The van der Waals surface area contributed by atoms with Crippen molar-refractivity contribution < 1.29 is 18.9 Å².